The van der Waals surface area contributed by atoms with Crippen LogP contribution < -0.4 is 20.1 Å². The van der Waals surface area contributed by atoms with E-state index in [0.29, 0.717) is 34.9 Å². The highest BCUT2D eigenvalue weighted by atomic mass is 16.5. The summed E-state index contributed by atoms with van der Waals surface area (Å²) >= 11 is 0. The van der Waals surface area contributed by atoms with Gasteiger partial charge in [-0.2, -0.15) is 0 Å². The fraction of sp³-hybridized carbons (Fsp3) is 0.304. The summed E-state index contributed by atoms with van der Waals surface area (Å²) in [5, 5.41) is 5.57. The molecule has 0 saturated heterocycles. The van der Waals surface area contributed by atoms with Crippen LogP contribution >= 0.6 is 0 Å². The summed E-state index contributed by atoms with van der Waals surface area (Å²) in [5.74, 6) is 0.354. The van der Waals surface area contributed by atoms with Gasteiger partial charge in [-0.05, 0) is 17.5 Å². The van der Waals surface area contributed by atoms with Crippen molar-refractivity contribution in [1.82, 2.24) is 10.6 Å². The van der Waals surface area contributed by atoms with Gasteiger partial charge in [-0.25, -0.2) is 9.59 Å². The molecule has 2 aromatic carbocycles. The molecule has 2 aromatic rings. The Hall–Kier alpha value is -3.48. The molecule has 158 valence electrons. The maximum atomic E-state index is 12.7. The predicted molar refractivity (Wildman–Crippen MR) is 112 cm³/mol. The van der Waals surface area contributed by atoms with Crippen LogP contribution in [0.2, 0.25) is 0 Å². The molecular formula is C23H26N2O5. The molecule has 0 spiro atoms. The quantitative estimate of drug-likeness (QED) is 0.680. The summed E-state index contributed by atoms with van der Waals surface area (Å²) in [6, 6.07) is 13.9. The average molecular weight is 410 g/mol. The Balaban J connectivity index is 2.09. The van der Waals surface area contributed by atoms with E-state index in [4.69, 9.17) is 14.2 Å². The minimum atomic E-state index is -0.746. The maximum Gasteiger partial charge on any atom is 0.337 e. The van der Waals surface area contributed by atoms with Crippen LogP contribution in [0.25, 0.3) is 0 Å². The maximum absolute atomic E-state index is 12.7. The standard InChI is InChI=1S/C23H26N2O5/c1-14(2)19-18(22(26)29-4)20(25-23(27)24-19)16-11-8-12-17(28-3)21(16)30-13-15-9-6-5-7-10-15/h5-12,14,20H,13H2,1-4H3,(H2,24,25,27). The summed E-state index contributed by atoms with van der Waals surface area (Å²) in [5.41, 5.74) is 2.45. The molecule has 0 saturated carbocycles. The van der Waals surface area contributed by atoms with Gasteiger partial charge in [0.2, 0.25) is 0 Å². The Kier molecular flexibility index (Phi) is 6.61. The number of amides is 2. The van der Waals surface area contributed by atoms with E-state index in [1.165, 1.54) is 7.11 Å². The van der Waals surface area contributed by atoms with E-state index in [9.17, 15) is 9.59 Å². The van der Waals surface area contributed by atoms with Crippen LogP contribution in [0, 0.1) is 5.92 Å². The molecule has 1 aliphatic rings. The number of urea groups is 1. The van der Waals surface area contributed by atoms with Crippen molar-refractivity contribution in [3.05, 3.63) is 70.9 Å². The Bertz CT molecular complexity index is 953. The highest BCUT2D eigenvalue weighted by Crippen LogP contribution is 2.40. The first-order valence-electron chi connectivity index (χ1n) is 9.69. The summed E-state index contributed by atoms with van der Waals surface area (Å²) in [6.07, 6.45) is 0. The minimum Gasteiger partial charge on any atom is -0.493 e. The monoisotopic (exact) mass is 410 g/mol. The Morgan fingerprint density at radius 2 is 1.80 bits per heavy atom. The van der Waals surface area contributed by atoms with Crippen LogP contribution in [0.3, 0.4) is 0 Å². The van der Waals surface area contributed by atoms with Gasteiger partial charge < -0.3 is 24.8 Å². The van der Waals surface area contributed by atoms with Gasteiger partial charge in [-0.3, -0.25) is 0 Å². The van der Waals surface area contributed by atoms with E-state index >= 15 is 0 Å². The van der Waals surface area contributed by atoms with E-state index in [-0.39, 0.29) is 5.92 Å². The van der Waals surface area contributed by atoms with Crippen LogP contribution in [0.15, 0.2) is 59.8 Å². The van der Waals surface area contributed by atoms with Crippen molar-refractivity contribution in [2.75, 3.05) is 14.2 Å². The van der Waals surface area contributed by atoms with Gasteiger partial charge in [0.1, 0.15) is 6.61 Å². The number of carbonyl (C=O) groups is 2. The molecule has 1 unspecified atom stereocenters. The smallest absolute Gasteiger partial charge is 0.337 e. The zero-order valence-electron chi connectivity index (χ0n) is 17.5. The molecule has 30 heavy (non-hydrogen) atoms. The molecule has 1 atom stereocenters. The number of methoxy groups -OCH3 is 2. The Labute approximate surface area is 176 Å². The Morgan fingerprint density at radius 1 is 1.07 bits per heavy atom. The van der Waals surface area contributed by atoms with Crippen LogP contribution in [-0.2, 0) is 16.1 Å². The zero-order valence-corrected chi connectivity index (χ0v) is 17.5. The van der Waals surface area contributed by atoms with E-state index in [1.54, 1.807) is 25.3 Å². The average Bonchev–Trinajstić information content (AvgIpc) is 2.76. The highest BCUT2D eigenvalue weighted by molar-refractivity contribution is 5.95. The third kappa shape index (κ3) is 4.40. The molecule has 0 fully saturated rings. The van der Waals surface area contributed by atoms with Gasteiger partial charge in [0.05, 0.1) is 25.8 Å². The van der Waals surface area contributed by atoms with Crippen LogP contribution in [0.5, 0.6) is 11.5 Å². The van der Waals surface area contributed by atoms with Crippen molar-refractivity contribution in [2.45, 2.75) is 26.5 Å². The van der Waals surface area contributed by atoms with Crippen molar-refractivity contribution in [1.29, 1.82) is 0 Å². The molecule has 3 rings (SSSR count). The molecule has 7 nitrogen and oxygen atoms in total. The van der Waals surface area contributed by atoms with Crippen molar-refractivity contribution < 1.29 is 23.8 Å². The molecule has 0 aliphatic carbocycles. The summed E-state index contributed by atoms with van der Waals surface area (Å²) in [7, 11) is 2.87. The topological polar surface area (TPSA) is 85.9 Å². The minimum absolute atomic E-state index is 0.0908. The molecule has 0 radical (unpaired) electrons. The zero-order chi connectivity index (χ0) is 21.7. The van der Waals surface area contributed by atoms with Crippen molar-refractivity contribution >= 4 is 12.0 Å². The fourth-order valence-corrected chi connectivity index (χ4v) is 3.42. The number of carbonyl (C=O) groups excluding carboxylic acids is 2. The van der Waals surface area contributed by atoms with Gasteiger partial charge >= 0.3 is 12.0 Å². The van der Waals surface area contributed by atoms with Crippen molar-refractivity contribution in [3.63, 3.8) is 0 Å². The second kappa shape index (κ2) is 9.35. The predicted octanol–water partition coefficient (Wildman–Crippen LogP) is 3.71. The lowest BCUT2D eigenvalue weighted by molar-refractivity contribution is -0.136. The first kappa shape index (κ1) is 21.2. The van der Waals surface area contributed by atoms with E-state index in [1.807, 2.05) is 44.2 Å². The second-order valence-electron chi connectivity index (χ2n) is 7.16. The van der Waals surface area contributed by atoms with Gasteiger partial charge in [0, 0.05) is 11.3 Å². The first-order valence-corrected chi connectivity index (χ1v) is 9.69. The molecule has 1 heterocycles. The number of rotatable bonds is 7. The molecule has 2 N–H and O–H groups in total. The normalized spacial score (nSPS) is 16.0. The van der Waals surface area contributed by atoms with Gasteiger partial charge in [0.25, 0.3) is 0 Å². The number of nitrogens with one attached hydrogen (secondary N) is 2. The number of esters is 1. The lowest BCUT2D eigenvalue weighted by atomic mass is 9.91. The first-order chi connectivity index (χ1) is 14.5. The van der Waals surface area contributed by atoms with Gasteiger partial charge in [0.15, 0.2) is 11.5 Å². The number of hydrogen-bond donors (Lipinski definition) is 2. The summed E-state index contributed by atoms with van der Waals surface area (Å²) < 4.78 is 16.6. The molecule has 1 aliphatic heterocycles. The molecular weight excluding hydrogens is 384 g/mol. The lowest BCUT2D eigenvalue weighted by Crippen LogP contribution is -2.47. The van der Waals surface area contributed by atoms with Gasteiger partial charge in [-0.1, -0.05) is 56.3 Å². The Morgan fingerprint density at radius 3 is 2.43 bits per heavy atom. The third-order valence-corrected chi connectivity index (χ3v) is 4.85. The fourth-order valence-electron chi connectivity index (χ4n) is 3.42. The van der Waals surface area contributed by atoms with E-state index < -0.39 is 18.0 Å². The number of para-hydroxylation sites is 1. The molecule has 0 aromatic heterocycles. The molecule has 0 bridgehead atoms. The SMILES string of the molecule is COC(=O)C1=C(C(C)C)NC(=O)NC1c1cccc(OC)c1OCc1ccccc1. The van der Waals surface area contributed by atoms with Crippen LogP contribution in [-0.4, -0.2) is 26.2 Å². The number of allylic oxidation sites excluding steroid dienone is 1. The summed E-state index contributed by atoms with van der Waals surface area (Å²) in [6.45, 7) is 4.11. The lowest BCUT2D eigenvalue weighted by Gasteiger charge is -2.31. The van der Waals surface area contributed by atoms with Crippen LogP contribution in [0.1, 0.15) is 31.0 Å². The third-order valence-electron chi connectivity index (χ3n) is 4.85. The molecule has 2 amide bonds. The van der Waals surface area contributed by atoms with Crippen molar-refractivity contribution in [3.8, 4) is 11.5 Å². The van der Waals surface area contributed by atoms with Crippen LogP contribution in [0.4, 0.5) is 4.79 Å². The van der Waals surface area contributed by atoms with Crippen molar-refractivity contribution in [2.24, 2.45) is 5.92 Å². The molecule has 7 heteroatoms. The largest absolute Gasteiger partial charge is 0.493 e. The second-order valence-corrected chi connectivity index (χ2v) is 7.16. The summed E-state index contributed by atoms with van der Waals surface area (Å²) in [4.78, 5) is 25.1. The van der Waals surface area contributed by atoms with E-state index in [0.717, 1.165) is 5.56 Å². The number of benzene rings is 2. The van der Waals surface area contributed by atoms with E-state index in [2.05, 4.69) is 10.6 Å². The highest BCUT2D eigenvalue weighted by Gasteiger charge is 2.36. The van der Waals surface area contributed by atoms with Gasteiger partial charge in [-0.15, -0.1) is 0 Å². The number of hydrogen-bond acceptors (Lipinski definition) is 5. The number of ether oxygens (including phenoxy) is 3.